The maximum absolute atomic E-state index is 12.2. The van der Waals surface area contributed by atoms with Crippen LogP contribution in [0.1, 0.15) is 33.1 Å². The van der Waals surface area contributed by atoms with Crippen molar-refractivity contribution in [2.75, 3.05) is 18.1 Å². The molecule has 4 heteroatoms. The van der Waals surface area contributed by atoms with Gasteiger partial charge in [-0.3, -0.25) is 4.79 Å². The molecule has 1 unspecified atom stereocenters. The van der Waals surface area contributed by atoms with Gasteiger partial charge in [0, 0.05) is 18.6 Å². The molecule has 0 bridgehead atoms. The fraction of sp³-hybridized carbons (Fsp3) is 0.917. The predicted octanol–water partition coefficient (Wildman–Crippen LogP) is 1.48. The minimum atomic E-state index is 0.0783. The molecule has 0 saturated carbocycles. The number of nitrogens with zero attached hydrogens (tertiary/aromatic N) is 1. The summed E-state index contributed by atoms with van der Waals surface area (Å²) >= 11 is 2.02. The maximum atomic E-state index is 12.2. The van der Waals surface area contributed by atoms with Crippen molar-refractivity contribution in [3.05, 3.63) is 0 Å². The van der Waals surface area contributed by atoms with E-state index in [1.165, 1.54) is 24.3 Å². The molecule has 0 aliphatic carbocycles. The number of amides is 1. The van der Waals surface area contributed by atoms with E-state index in [-0.39, 0.29) is 6.04 Å². The lowest BCUT2D eigenvalue weighted by molar-refractivity contribution is -0.131. The number of hydrogen-bond acceptors (Lipinski definition) is 3. The van der Waals surface area contributed by atoms with Gasteiger partial charge in [0.2, 0.25) is 5.91 Å². The number of hydrogen-bond donors (Lipinski definition) is 1. The third kappa shape index (κ3) is 2.72. The Hall–Kier alpha value is -0.220. The number of nitrogens with one attached hydrogen (secondary N) is 1. The molecule has 0 aromatic rings. The van der Waals surface area contributed by atoms with Gasteiger partial charge in [-0.15, -0.1) is 0 Å². The molecule has 2 aliphatic rings. The van der Waals surface area contributed by atoms with E-state index in [0.29, 0.717) is 18.0 Å². The highest BCUT2D eigenvalue weighted by Gasteiger charge is 2.36. The van der Waals surface area contributed by atoms with Crippen LogP contribution in [0.15, 0.2) is 0 Å². The highest BCUT2D eigenvalue weighted by Crippen LogP contribution is 2.25. The van der Waals surface area contributed by atoms with Crippen molar-refractivity contribution in [3.8, 4) is 0 Å². The molecular weight excluding hydrogens is 220 g/mol. The quantitative estimate of drug-likeness (QED) is 0.813. The van der Waals surface area contributed by atoms with Crippen LogP contribution in [0.4, 0.5) is 0 Å². The summed E-state index contributed by atoms with van der Waals surface area (Å²) in [5.74, 6) is 2.78. The summed E-state index contributed by atoms with van der Waals surface area (Å²) in [7, 11) is 0. The molecule has 2 heterocycles. The molecule has 1 N–H and O–H groups in total. The SMILES string of the molecule is CC(C)NC1CCN(C2CCSCC2)C1=O. The van der Waals surface area contributed by atoms with Crippen molar-refractivity contribution in [2.24, 2.45) is 0 Å². The van der Waals surface area contributed by atoms with Crippen LogP contribution in [0.5, 0.6) is 0 Å². The average Bonchev–Trinajstić information content (AvgIpc) is 2.61. The Balaban J connectivity index is 1.90. The summed E-state index contributed by atoms with van der Waals surface area (Å²) < 4.78 is 0. The molecule has 0 radical (unpaired) electrons. The Bertz CT molecular complexity index is 251. The first-order valence-electron chi connectivity index (χ1n) is 6.32. The second-order valence-electron chi connectivity index (χ2n) is 5.04. The zero-order valence-electron chi connectivity index (χ0n) is 10.2. The molecule has 1 amide bonds. The molecule has 16 heavy (non-hydrogen) atoms. The minimum Gasteiger partial charge on any atom is -0.338 e. The summed E-state index contributed by atoms with van der Waals surface area (Å²) in [6.07, 6.45) is 3.36. The minimum absolute atomic E-state index is 0.0783. The molecule has 1 atom stereocenters. The Morgan fingerprint density at radius 3 is 2.62 bits per heavy atom. The van der Waals surface area contributed by atoms with Crippen LogP contribution in [0.25, 0.3) is 0 Å². The van der Waals surface area contributed by atoms with Crippen LogP contribution >= 0.6 is 11.8 Å². The molecule has 92 valence electrons. The molecule has 2 saturated heterocycles. The van der Waals surface area contributed by atoms with E-state index in [9.17, 15) is 4.79 Å². The lowest BCUT2D eigenvalue weighted by Gasteiger charge is -2.31. The number of carbonyl (C=O) groups excluding carboxylic acids is 1. The summed E-state index contributed by atoms with van der Waals surface area (Å²) in [6.45, 7) is 5.17. The Morgan fingerprint density at radius 1 is 1.31 bits per heavy atom. The van der Waals surface area contributed by atoms with E-state index in [0.717, 1.165) is 13.0 Å². The lowest BCUT2D eigenvalue weighted by atomic mass is 10.1. The third-order valence-electron chi connectivity index (χ3n) is 3.41. The van der Waals surface area contributed by atoms with Gasteiger partial charge in [-0.2, -0.15) is 11.8 Å². The van der Waals surface area contributed by atoms with Gasteiger partial charge in [-0.05, 0) is 30.8 Å². The predicted molar refractivity (Wildman–Crippen MR) is 68.7 cm³/mol. The second kappa shape index (κ2) is 5.41. The van der Waals surface area contributed by atoms with Crippen LogP contribution in [0, 0.1) is 0 Å². The van der Waals surface area contributed by atoms with Crippen molar-refractivity contribution in [1.82, 2.24) is 10.2 Å². The first kappa shape index (κ1) is 12.2. The van der Waals surface area contributed by atoms with E-state index in [1.807, 2.05) is 11.8 Å². The fourth-order valence-corrected chi connectivity index (χ4v) is 3.70. The average molecular weight is 242 g/mol. The standard InChI is InChI=1S/C12H22N2OS/c1-9(2)13-11-3-6-14(12(11)15)10-4-7-16-8-5-10/h9-11,13H,3-8H2,1-2H3. The van der Waals surface area contributed by atoms with Gasteiger partial charge in [-0.1, -0.05) is 13.8 Å². The molecule has 0 aromatic heterocycles. The lowest BCUT2D eigenvalue weighted by Crippen LogP contribution is -2.45. The molecular formula is C12H22N2OS. The fourth-order valence-electron chi connectivity index (χ4n) is 2.62. The van der Waals surface area contributed by atoms with E-state index >= 15 is 0 Å². The van der Waals surface area contributed by atoms with Crippen molar-refractivity contribution in [3.63, 3.8) is 0 Å². The van der Waals surface area contributed by atoms with Gasteiger partial charge < -0.3 is 10.2 Å². The maximum Gasteiger partial charge on any atom is 0.240 e. The van der Waals surface area contributed by atoms with E-state index < -0.39 is 0 Å². The van der Waals surface area contributed by atoms with Crippen LogP contribution in [0.3, 0.4) is 0 Å². The monoisotopic (exact) mass is 242 g/mol. The van der Waals surface area contributed by atoms with Gasteiger partial charge >= 0.3 is 0 Å². The first-order valence-corrected chi connectivity index (χ1v) is 7.48. The molecule has 3 nitrogen and oxygen atoms in total. The summed E-state index contributed by atoms with van der Waals surface area (Å²) in [6, 6.07) is 0.998. The highest BCUT2D eigenvalue weighted by atomic mass is 32.2. The van der Waals surface area contributed by atoms with Crippen molar-refractivity contribution >= 4 is 17.7 Å². The first-order chi connectivity index (χ1) is 7.68. The van der Waals surface area contributed by atoms with Crippen LogP contribution in [-0.4, -0.2) is 47.0 Å². The Morgan fingerprint density at radius 2 is 2.00 bits per heavy atom. The molecule has 2 rings (SSSR count). The van der Waals surface area contributed by atoms with Crippen LogP contribution < -0.4 is 5.32 Å². The summed E-state index contributed by atoms with van der Waals surface area (Å²) in [5, 5.41) is 3.36. The van der Waals surface area contributed by atoms with Gasteiger partial charge in [0.15, 0.2) is 0 Å². The zero-order chi connectivity index (χ0) is 11.5. The van der Waals surface area contributed by atoms with E-state index in [2.05, 4.69) is 24.1 Å². The Kier molecular flexibility index (Phi) is 4.14. The second-order valence-corrected chi connectivity index (χ2v) is 6.26. The van der Waals surface area contributed by atoms with Gasteiger partial charge in [0.05, 0.1) is 6.04 Å². The largest absolute Gasteiger partial charge is 0.338 e. The van der Waals surface area contributed by atoms with Crippen molar-refractivity contribution in [2.45, 2.75) is 51.2 Å². The van der Waals surface area contributed by atoms with E-state index in [4.69, 9.17) is 0 Å². The molecule has 2 aliphatic heterocycles. The van der Waals surface area contributed by atoms with E-state index in [1.54, 1.807) is 0 Å². The number of rotatable bonds is 3. The topological polar surface area (TPSA) is 32.3 Å². The van der Waals surface area contributed by atoms with Gasteiger partial charge in [0.25, 0.3) is 0 Å². The van der Waals surface area contributed by atoms with Crippen LogP contribution in [0.2, 0.25) is 0 Å². The van der Waals surface area contributed by atoms with Crippen molar-refractivity contribution in [1.29, 1.82) is 0 Å². The van der Waals surface area contributed by atoms with Gasteiger partial charge in [-0.25, -0.2) is 0 Å². The van der Waals surface area contributed by atoms with Crippen molar-refractivity contribution < 1.29 is 4.79 Å². The number of carbonyl (C=O) groups is 1. The third-order valence-corrected chi connectivity index (χ3v) is 4.45. The summed E-state index contributed by atoms with van der Waals surface area (Å²) in [5.41, 5.74) is 0. The van der Waals surface area contributed by atoms with Gasteiger partial charge in [0.1, 0.15) is 0 Å². The summed E-state index contributed by atoms with van der Waals surface area (Å²) in [4.78, 5) is 14.3. The number of likely N-dealkylation sites (tertiary alicyclic amines) is 1. The molecule has 0 spiro atoms. The van der Waals surface area contributed by atoms with Crippen LogP contribution in [-0.2, 0) is 4.79 Å². The normalized spacial score (nSPS) is 28.1. The molecule has 0 aromatic carbocycles. The number of thioether (sulfide) groups is 1. The Labute approximate surface area is 102 Å². The highest BCUT2D eigenvalue weighted by molar-refractivity contribution is 7.99. The smallest absolute Gasteiger partial charge is 0.240 e. The molecule has 2 fully saturated rings. The zero-order valence-corrected chi connectivity index (χ0v) is 11.1.